The monoisotopic (exact) mass is 490 g/mol. The Balaban J connectivity index is 0.00000544. The predicted molar refractivity (Wildman–Crippen MR) is 144 cm³/mol. The number of rotatable bonds is 5. The Morgan fingerprint density at radius 1 is 0.697 bits per heavy atom. The van der Waals surface area contributed by atoms with Gasteiger partial charge in [0.25, 0.3) is 0 Å². The molecular weight excluding hydrogens is 447 g/mol. The Bertz CT molecular complexity index is 986. The number of aliphatic imine (C=N–C) groups is 2. The summed E-state index contributed by atoms with van der Waals surface area (Å²) in [6.07, 6.45) is 0. The summed E-state index contributed by atoms with van der Waals surface area (Å²) in [5, 5.41) is 0. The second kappa shape index (κ2) is 11.1. The van der Waals surface area contributed by atoms with Crippen molar-refractivity contribution in [1.82, 2.24) is 0 Å². The van der Waals surface area contributed by atoms with Gasteiger partial charge in [-0.05, 0) is 64.8 Å². The first-order chi connectivity index (χ1) is 14.6. The zero-order chi connectivity index (χ0) is 24.4. The van der Waals surface area contributed by atoms with E-state index < -0.39 is 0 Å². The molecule has 0 atom stereocenters. The van der Waals surface area contributed by atoms with Gasteiger partial charge in [-0.1, -0.05) is 99.6 Å². The van der Waals surface area contributed by atoms with Crippen LogP contribution in [0.3, 0.4) is 0 Å². The molecule has 2 aromatic carbocycles. The van der Waals surface area contributed by atoms with E-state index in [4.69, 9.17) is 9.98 Å². The van der Waals surface area contributed by atoms with Crippen LogP contribution in [0.15, 0.2) is 46.4 Å². The summed E-state index contributed by atoms with van der Waals surface area (Å²) in [7, 11) is 0. The summed E-state index contributed by atoms with van der Waals surface area (Å²) in [6, 6.07) is 13.3. The fourth-order valence-corrected chi connectivity index (χ4v) is 3.88. The zero-order valence-corrected chi connectivity index (χ0v) is 23.8. The van der Waals surface area contributed by atoms with E-state index in [2.05, 4.69) is 119 Å². The molecule has 2 nitrogen and oxygen atoms in total. The van der Waals surface area contributed by atoms with Crippen LogP contribution in [0, 0.1) is 0 Å². The van der Waals surface area contributed by atoms with Crippen molar-refractivity contribution in [3.63, 3.8) is 0 Å². The fourth-order valence-electron chi connectivity index (χ4n) is 3.88. The Hall–Kier alpha value is -1.73. The molecule has 0 aliphatic heterocycles. The maximum absolute atomic E-state index is 5.15. The summed E-state index contributed by atoms with van der Waals surface area (Å²) >= 11 is 0. The first-order valence-electron chi connectivity index (χ1n) is 12.0. The number of nitrogens with zero attached hydrogens (tertiary/aromatic N) is 2. The van der Waals surface area contributed by atoms with E-state index in [1.54, 1.807) is 0 Å². The second-order valence-electron chi connectivity index (χ2n) is 11.7. The van der Waals surface area contributed by atoms with Crippen LogP contribution in [-0.4, -0.2) is 11.4 Å². The van der Waals surface area contributed by atoms with Gasteiger partial charge < -0.3 is 0 Å². The van der Waals surface area contributed by atoms with Crippen LogP contribution in [0.2, 0.25) is 0 Å². The van der Waals surface area contributed by atoms with E-state index in [-0.39, 0.29) is 27.3 Å². The van der Waals surface area contributed by atoms with E-state index in [9.17, 15) is 0 Å². The summed E-state index contributed by atoms with van der Waals surface area (Å²) in [4.78, 5) is 10.3. The van der Waals surface area contributed by atoms with Crippen LogP contribution in [0.1, 0.15) is 117 Å². The first kappa shape index (κ1) is 29.3. The minimum Gasteiger partial charge on any atom is -0.252 e. The third-order valence-electron chi connectivity index (χ3n) is 6.11. The van der Waals surface area contributed by atoms with Gasteiger partial charge in [-0.15, -0.1) is 0 Å². The van der Waals surface area contributed by atoms with Gasteiger partial charge in [0, 0.05) is 0 Å². The molecule has 0 aliphatic rings. The van der Waals surface area contributed by atoms with Gasteiger partial charge in [0.15, 0.2) is 0 Å². The Morgan fingerprint density at radius 2 is 1.18 bits per heavy atom. The molecule has 0 bridgehead atoms. The molecule has 0 heterocycles. The van der Waals surface area contributed by atoms with Crippen LogP contribution < -0.4 is 0 Å². The first-order valence-corrected chi connectivity index (χ1v) is 12.0. The average molecular weight is 491 g/mol. The van der Waals surface area contributed by atoms with Gasteiger partial charge in [0.05, 0.1) is 22.8 Å². The molecular formula is C30H44N2Ni+2. The van der Waals surface area contributed by atoms with E-state index in [0.717, 1.165) is 22.8 Å². The van der Waals surface area contributed by atoms with Gasteiger partial charge in [0.1, 0.15) is 0 Å². The second-order valence-corrected chi connectivity index (χ2v) is 11.7. The Labute approximate surface area is 213 Å². The van der Waals surface area contributed by atoms with Crippen LogP contribution in [0.25, 0.3) is 0 Å². The molecule has 33 heavy (non-hydrogen) atoms. The third kappa shape index (κ3) is 7.38. The molecule has 0 spiro atoms. The van der Waals surface area contributed by atoms with E-state index in [1.165, 1.54) is 22.3 Å². The van der Waals surface area contributed by atoms with Crippen molar-refractivity contribution in [1.29, 1.82) is 0 Å². The number of hydrogen-bond acceptors (Lipinski definition) is 2. The molecule has 2 rings (SSSR count). The number of para-hydroxylation sites is 1. The zero-order valence-electron chi connectivity index (χ0n) is 22.8. The van der Waals surface area contributed by atoms with Crippen LogP contribution >= 0.6 is 0 Å². The number of hydrogen-bond donors (Lipinski definition) is 0. The molecule has 2 aromatic rings. The molecule has 0 N–H and O–H groups in total. The smallest absolute Gasteiger partial charge is 0.252 e. The summed E-state index contributed by atoms with van der Waals surface area (Å²) in [5.74, 6) is 0.849. The molecule has 3 heteroatoms. The van der Waals surface area contributed by atoms with Gasteiger partial charge in [-0.2, -0.15) is 0 Å². The molecule has 0 aliphatic carbocycles. The molecule has 0 radical (unpaired) electrons. The van der Waals surface area contributed by atoms with Crippen LogP contribution in [0.4, 0.5) is 11.4 Å². The molecule has 0 amide bonds. The minimum absolute atomic E-state index is 0. The minimum atomic E-state index is 0. The number of benzene rings is 2. The van der Waals surface area contributed by atoms with Crippen molar-refractivity contribution in [3.05, 3.63) is 58.7 Å². The van der Waals surface area contributed by atoms with E-state index in [0.29, 0.717) is 11.8 Å². The summed E-state index contributed by atoms with van der Waals surface area (Å²) in [6.45, 7) is 26.6. The fraction of sp³-hybridized carbons (Fsp3) is 0.533. The molecule has 0 unspecified atom stereocenters. The third-order valence-corrected chi connectivity index (χ3v) is 6.11. The largest absolute Gasteiger partial charge is 2.00 e. The maximum Gasteiger partial charge on any atom is 2.00 e. The van der Waals surface area contributed by atoms with E-state index >= 15 is 0 Å². The van der Waals surface area contributed by atoms with Crippen molar-refractivity contribution in [2.75, 3.05) is 0 Å². The molecule has 0 fully saturated rings. The Kier molecular flexibility index (Phi) is 9.89. The summed E-state index contributed by atoms with van der Waals surface area (Å²) < 4.78 is 0. The van der Waals surface area contributed by atoms with Gasteiger partial charge >= 0.3 is 16.5 Å². The van der Waals surface area contributed by atoms with Crippen LogP contribution in [0.5, 0.6) is 0 Å². The van der Waals surface area contributed by atoms with Gasteiger partial charge in [0.2, 0.25) is 0 Å². The van der Waals surface area contributed by atoms with Gasteiger partial charge in [-0.25, -0.2) is 0 Å². The van der Waals surface area contributed by atoms with Crippen molar-refractivity contribution in [3.8, 4) is 0 Å². The topological polar surface area (TPSA) is 24.7 Å². The van der Waals surface area contributed by atoms with Crippen molar-refractivity contribution >= 4 is 22.8 Å². The van der Waals surface area contributed by atoms with Crippen molar-refractivity contribution < 1.29 is 16.5 Å². The quantitative estimate of drug-likeness (QED) is 0.294. The molecule has 0 saturated heterocycles. The Morgan fingerprint density at radius 3 is 1.61 bits per heavy atom. The van der Waals surface area contributed by atoms with Crippen molar-refractivity contribution in [2.24, 2.45) is 9.98 Å². The van der Waals surface area contributed by atoms with Crippen molar-refractivity contribution in [2.45, 2.75) is 106 Å². The normalized spacial score (nSPS) is 13.5. The average Bonchev–Trinajstić information content (AvgIpc) is 2.65. The molecule has 182 valence electrons. The van der Waals surface area contributed by atoms with Gasteiger partial charge in [-0.3, -0.25) is 9.98 Å². The summed E-state index contributed by atoms with van der Waals surface area (Å²) in [5.41, 5.74) is 9.39. The van der Waals surface area contributed by atoms with Crippen LogP contribution in [-0.2, 0) is 27.3 Å². The maximum atomic E-state index is 5.15. The van der Waals surface area contributed by atoms with E-state index in [1.807, 2.05) is 0 Å². The SMILES string of the molecule is CC(=Nc1cc(C(C)(C)C)ccc1C(C)(C)C)C(C)=Nc1c(C(C)C)cccc1C(C)C.[Ni+2]. The molecule has 0 aromatic heterocycles. The molecule has 0 saturated carbocycles. The standard InChI is InChI=1S/C30H44N2.Ni/c1-19(2)24-14-13-15-25(20(3)4)28(24)32-22(6)21(5)31-27-18-23(29(7,8)9)16-17-26(27)30(10,11)12;/h13-20H,1-12H3;/q;+2. The predicted octanol–water partition coefficient (Wildman–Crippen LogP) is 9.41.